The Morgan fingerprint density at radius 2 is 0.851 bits per heavy atom. The summed E-state index contributed by atoms with van der Waals surface area (Å²) in [7, 11) is 0. The van der Waals surface area contributed by atoms with Gasteiger partial charge in [-0.15, -0.1) is 0 Å². The van der Waals surface area contributed by atoms with Gasteiger partial charge in [-0.25, -0.2) is 0 Å². The van der Waals surface area contributed by atoms with Crippen LogP contribution >= 0.6 is 0 Å². The summed E-state index contributed by atoms with van der Waals surface area (Å²) in [6.45, 7) is 4.42. The molecule has 1 aliphatic rings. The van der Waals surface area contributed by atoms with Crippen LogP contribution in [0.5, 0.6) is 0 Å². The molecule has 0 saturated heterocycles. The van der Waals surface area contributed by atoms with Gasteiger partial charge < -0.3 is 27.4 Å². The van der Waals surface area contributed by atoms with Crippen molar-refractivity contribution in [3.63, 3.8) is 0 Å². The molecular formula is C68H44N4O2. The Hall–Kier alpha value is -9.52. The number of hydrogen-bond donors (Lipinski definition) is 0. The van der Waals surface area contributed by atoms with E-state index in [2.05, 4.69) is 233 Å². The monoisotopic (exact) mass is 948 g/mol. The molecule has 0 bridgehead atoms. The lowest BCUT2D eigenvalue weighted by Gasteiger charge is -2.28. The number of benzene rings is 10. The topological polar surface area (TPSA) is 41.6 Å². The third kappa shape index (κ3) is 5.33. The third-order valence-corrected chi connectivity index (χ3v) is 16.3. The van der Waals surface area contributed by atoms with Gasteiger partial charge in [0.2, 0.25) is 0 Å². The van der Waals surface area contributed by atoms with E-state index < -0.39 is 0 Å². The van der Waals surface area contributed by atoms with Gasteiger partial charge >= 0.3 is 0 Å². The van der Waals surface area contributed by atoms with Crippen molar-refractivity contribution in [3.05, 3.63) is 224 Å². The van der Waals surface area contributed by atoms with E-state index in [0.717, 1.165) is 84.4 Å². The Morgan fingerprint density at radius 1 is 0.405 bits per heavy atom. The van der Waals surface area contributed by atoms with Crippen LogP contribution in [0.1, 0.15) is 18.9 Å². The number of aromatic nitrogens is 2. The molecule has 1 atom stereocenters. The summed E-state index contributed by atoms with van der Waals surface area (Å²) < 4.78 is 18.5. The Labute approximate surface area is 423 Å². The molecule has 0 aliphatic heterocycles. The van der Waals surface area contributed by atoms with E-state index in [0.29, 0.717) is 5.92 Å². The molecule has 6 aromatic heterocycles. The zero-order valence-electron chi connectivity index (χ0n) is 40.6. The smallest absolute Gasteiger partial charge is 0.159 e. The number of para-hydroxylation sites is 6. The van der Waals surface area contributed by atoms with E-state index in [4.69, 9.17) is 8.83 Å². The van der Waals surface area contributed by atoms with Crippen molar-refractivity contribution in [1.82, 2.24) is 8.80 Å². The van der Waals surface area contributed by atoms with Crippen molar-refractivity contribution >= 4 is 149 Å². The van der Waals surface area contributed by atoms with Gasteiger partial charge in [-0.2, -0.15) is 0 Å². The van der Waals surface area contributed by atoms with Gasteiger partial charge in [-0.05, 0) is 98.1 Å². The molecule has 6 nitrogen and oxygen atoms in total. The minimum Gasteiger partial charge on any atom is -0.454 e. The van der Waals surface area contributed by atoms with E-state index in [-0.39, 0.29) is 0 Å². The minimum atomic E-state index is 0.476. The molecule has 0 amide bonds. The highest BCUT2D eigenvalue weighted by molar-refractivity contribution is 6.29. The molecule has 17 rings (SSSR count). The van der Waals surface area contributed by atoms with Gasteiger partial charge in [-0.3, -0.25) is 0 Å². The maximum atomic E-state index is 6.73. The molecule has 0 radical (unpaired) electrons. The first kappa shape index (κ1) is 40.1. The fourth-order valence-electron chi connectivity index (χ4n) is 12.9. The maximum absolute atomic E-state index is 6.73. The van der Waals surface area contributed by atoms with E-state index in [1.165, 1.54) is 81.8 Å². The van der Waals surface area contributed by atoms with Gasteiger partial charge in [0.1, 0.15) is 11.2 Å². The van der Waals surface area contributed by atoms with Gasteiger partial charge in [0.25, 0.3) is 0 Å². The van der Waals surface area contributed by atoms with Crippen LogP contribution in [-0.4, -0.2) is 8.80 Å². The van der Waals surface area contributed by atoms with Gasteiger partial charge in [0, 0.05) is 87.4 Å². The van der Waals surface area contributed by atoms with Crippen LogP contribution in [0.2, 0.25) is 0 Å². The first-order chi connectivity index (χ1) is 36.5. The van der Waals surface area contributed by atoms with Crippen molar-refractivity contribution in [2.45, 2.75) is 20.3 Å². The molecule has 74 heavy (non-hydrogen) atoms. The second-order valence-electron chi connectivity index (χ2n) is 20.6. The number of nitrogens with zero attached hydrogens (tertiary/aromatic N) is 4. The van der Waals surface area contributed by atoms with E-state index in [9.17, 15) is 0 Å². The van der Waals surface area contributed by atoms with Crippen molar-refractivity contribution in [2.24, 2.45) is 5.92 Å². The fourth-order valence-corrected chi connectivity index (χ4v) is 12.9. The molecule has 1 aliphatic carbocycles. The molecule has 16 aromatic rings. The Balaban J connectivity index is 0.901. The third-order valence-electron chi connectivity index (χ3n) is 16.3. The highest BCUT2D eigenvalue weighted by atomic mass is 16.3. The Kier molecular flexibility index (Phi) is 7.89. The molecule has 10 aromatic carbocycles. The number of allylic oxidation sites excluding steroid dienone is 3. The van der Waals surface area contributed by atoms with Crippen molar-refractivity contribution in [1.29, 1.82) is 0 Å². The molecule has 0 saturated carbocycles. The zero-order valence-corrected chi connectivity index (χ0v) is 40.6. The van der Waals surface area contributed by atoms with Gasteiger partial charge in [0.15, 0.2) is 11.2 Å². The summed E-state index contributed by atoms with van der Waals surface area (Å²) in [5.74, 6) is 0.476. The average molecular weight is 949 g/mol. The number of hydrogen-bond acceptors (Lipinski definition) is 4. The van der Waals surface area contributed by atoms with Crippen molar-refractivity contribution in [2.75, 3.05) is 9.80 Å². The molecular weight excluding hydrogens is 905 g/mol. The minimum absolute atomic E-state index is 0.476. The Bertz CT molecular complexity index is 5100. The predicted octanol–water partition coefficient (Wildman–Crippen LogP) is 19.2. The average Bonchev–Trinajstić information content (AvgIpc) is 4.30. The molecule has 6 heteroatoms. The number of anilines is 5. The summed E-state index contributed by atoms with van der Waals surface area (Å²) >= 11 is 0. The maximum Gasteiger partial charge on any atom is 0.159 e. The lowest BCUT2D eigenvalue weighted by molar-refractivity contribution is 0.668. The van der Waals surface area contributed by atoms with Crippen LogP contribution in [0.15, 0.2) is 227 Å². The first-order valence-corrected chi connectivity index (χ1v) is 25.7. The van der Waals surface area contributed by atoms with Crippen molar-refractivity contribution in [3.8, 4) is 0 Å². The lowest BCUT2D eigenvalue weighted by Crippen LogP contribution is -2.17. The van der Waals surface area contributed by atoms with E-state index in [1.807, 2.05) is 12.1 Å². The number of fused-ring (bicyclic) bond motifs is 18. The van der Waals surface area contributed by atoms with Crippen molar-refractivity contribution < 1.29 is 8.83 Å². The SMILES string of the molecule is Cc1ccc(N(c2ccc3c4cccc5c6cc7c(cc6n(c3c2)c45)c2cccc3c4ccc(N(C5=CCC(C)C=C5)c5cccc6c5oc5ccccc56)cc4n7c32)c2cccc3c2oc2ccccc23)cc1. The number of rotatable bonds is 6. The van der Waals surface area contributed by atoms with Crippen LogP contribution in [0.4, 0.5) is 28.4 Å². The van der Waals surface area contributed by atoms with E-state index in [1.54, 1.807) is 0 Å². The molecule has 0 spiro atoms. The lowest BCUT2D eigenvalue weighted by atomic mass is 10.00. The van der Waals surface area contributed by atoms with Crippen LogP contribution in [-0.2, 0) is 0 Å². The Morgan fingerprint density at radius 3 is 1.39 bits per heavy atom. The van der Waals surface area contributed by atoms with Crippen LogP contribution < -0.4 is 9.80 Å². The molecule has 0 N–H and O–H groups in total. The first-order valence-electron chi connectivity index (χ1n) is 25.7. The summed E-state index contributed by atoms with van der Waals surface area (Å²) in [6, 6.07) is 71.2. The molecule has 0 fully saturated rings. The molecule has 348 valence electrons. The largest absolute Gasteiger partial charge is 0.454 e. The predicted molar refractivity (Wildman–Crippen MR) is 309 cm³/mol. The van der Waals surface area contributed by atoms with Crippen LogP contribution in [0.25, 0.3) is 120 Å². The summed E-state index contributed by atoms with van der Waals surface area (Å²) in [4.78, 5) is 4.77. The zero-order chi connectivity index (χ0) is 48.5. The van der Waals surface area contributed by atoms with Gasteiger partial charge in [0.05, 0.1) is 44.5 Å². The normalized spacial score (nSPS) is 14.5. The summed E-state index contributed by atoms with van der Waals surface area (Å²) in [5, 5.41) is 14.4. The highest BCUT2D eigenvalue weighted by Crippen LogP contribution is 2.49. The van der Waals surface area contributed by atoms with Gasteiger partial charge in [-0.1, -0.05) is 146 Å². The fraction of sp³-hybridized carbons (Fsp3) is 0.0588. The summed E-state index contributed by atoms with van der Waals surface area (Å²) in [5.41, 5.74) is 18.4. The highest BCUT2D eigenvalue weighted by Gasteiger charge is 2.27. The second kappa shape index (κ2) is 14.6. The second-order valence-corrected chi connectivity index (χ2v) is 20.6. The van der Waals surface area contributed by atoms with Crippen LogP contribution in [0.3, 0.4) is 0 Å². The molecule has 6 heterocycles. The van der Waals surface area contributed by atoms with E-state index >= 15 is 0 Å². The number of aryl methyl sites for hydroxylation is 1. The summed E-state index contributed by atoms with van der Waals surface area (Å²) in [6.07, 6.45) is 7.97. The standard InChI is InChI=1S/C68H44N4O2/c1-39-23-27-41(28-24-39)69(57-19-9-17-53-47-11-3-5-21-63(47)73-67(53)57)43-31-33-45-49-13-7-15-51-55-38-62-56(37-61(55)71(65(49)51)59(45)35-43)52-16-8-14-50-46-34-32-44(36-60(46)72(62)66(50)52)70(42-29-25-40(2)26-30-42)58-20-10-18-54-48-12-4-6-22-64(48)74-68(54)58/h3-25,27-38,40H,26H2,1-2H3. The molecule has 1 unspecified atom stereocenters. The van der Waals surface area contributed by atoms with Crippen LogP contribution in [0, 0.1) is 12.8 Å². The quantitative estimate of drug-likeness (QED) is 0.167. The number of furan rings is 2.